The van der Waals surface area contributed by atoms with Gasteiger partial charge in [-0.1, -0.05) is 26.7 Å². The Labute approximate surface area is 128 Å². The van der Waals surface area contributed by atoms with E-state index in [0.717, 1.165) is 32.2 Å². The Morgan fingerprint density at radius 2 is 1.71 bits per heavy atom. The fraction of sp³-hybridized carbons (Fsp3) is 0.875. The first-order chi connectivity index (χ1) is 10.0. The predicted molar refractivity (Wildman–Crippen MR) is 83.2 cm³/mol. The molecule has 1 aliphatic rings. The number of carbonyl (C=O) groups is 2. The fourth-order valence-corrected chi connectivity index (χ4v) is 2.96. The van der Waals surface area contributed by atoms with Crippen LogP contribution >= 0.6 is 0 Å². The van der Waals surface area contributed by atoms with E-state index in [1.165, 1.54) is 0 Å². The summed E-state index contributed by atoms with van der Waals surface area (Å²) in [4.78, 5) is 25.1. The number of hydrogen-bond acceptors (Lipinski definition) is 2. The van der Waals surface area contributed by atoms with E-state index in [1.54, 1.807) is 0 Å². The van der Waals surface area contributed by atoms with Gasteiger partial charge in [-0.05, 0) is 38.5 Å². The molecule has 1 saturated carbocycles. The Morgan fingerprint density at radius 3 is 2.14 bits per heavy atom. The van der Waals surface area contributed by atoms with E-state index in [0.29, 0.717) is 25.3 Å². The van der Waals surface area contributed by atoms with E-state index in [9.17, 15) is 9.59 Å². The third-order valence-corrected chi connectivity index (χ3v) is 4.71. The molecule has 0 bridgehead atoms. The molecule has 5 nitrogen and oxygen atoms in total. The number of rotatable bonds is 7. The number of carboxylic acid groups (broad SMARTS) is 1. The molecule has 2 N–H and O–H groups in total. The first kappa shape index (κ1) is 17.8. The summed E-state index contributed by atoms with van der Waals surface area (Å²) in [6, 6.07) is 0.132. The van der Waals surface area contributed by atoms with E-state index in [4.69, 9.17) is 5.11 Å². The molecule has 0 aromatic heterocycles. The number of aliphatic carboxylic acids is 1. The summed E-state index contributed by atoms with van der Waals surface area (Å²) >= 11 is 0. The van der Waals surface area contributed by atoms with E-state index in [1.807, 2.05) is 11.8 Å². The van der Waals surface area contributed by atoms with Gasteiger partial charge >= 0.3 is 12.0 Å². The van der Waals surface area contributed by atoms with Gasteiger partial charge in [0, 0.05) is 19.1 Å². The van der Waals surface area contributed by atoms with Crippen LogP contribution < -0.4 is 5.32 Å². The summed E-state index contributed by atoms with van der Waals surface area (Å²) in [6.45, 7) is 7.84. The molecule has 1 aliphatic carbocycles. The van der Waals surface area contributed by atoms with Crippen molar-refractivity contribution in [3.63, 3.8) is 0 Å². The van der Waals surface area contributed by atoms with E-state index < -0.39 is 5.97 Å². The van der Waals surface area contributed by atoms with Crippen LogP contribution in [-0.2, 0) is 4.79 Å². The van der Waals surface area contributed by atoms with Crippen molar-refractivity contribution in [2.45, 2.75) is 65.3 Å². The highest BCUT2D eigenvalue weighted by Crippen LogP contribution is 2.24. The minimum absolute atomic E-state index is 0.00294. The second kappa shape index (κ2) is 8.90. The number of amides is 2. The standard InChI is InChI=1S/C16H30N2O3/c1-4-12(5-2)11-18(6-3)16(21)17-14-9-7-13(8-10-14)15(19)20/h12-14H,4-11H2,1-3H3,(H,17,21)(H,19,20). The van der Waals surface area contributed by atoms with Crippen LogP contribution in [-0.4, -0.2) is 41.1 Å². The number of carbonyl (C=O) groups excluding carboxylic acids is 1. The Bertz CT molecular complexity index is 334. The molecule has 5 heteroatoms. The van der Waals surface area contributed by atoms with Crippen molar-refractivity contribution in [3.05, 3.63) is 0 Å². The molecule has 1 rings (SSSR count). The van der Waals surface area contributed by atoms with Gasteiger partial charge in [0.2, 0.25) is 0 Å². The van der Waals surface area contributed by atoms with Gasteiger partial charge in [0.1, 0.15) is 0 Å². The van der Waals surface area contributed by atoms with Gasteiger partial charge in [-0.25, -0.2) is 4.79 Å². The number of urea groups is 1. The summed E-state index contributed by atoms with van der Waals surface area (Å²) in [6.07, 6.45) is 5.04. The Kier molecular flexibility index (Phi) is 7.54. The number of hydrogen-bond donors (Lipinski definition) is 2. The number of nitrogens with one attached hydrogen (secondary N) is 1. The lowest BCUT2D eigenvalue weighted by molar-refractivity contribution is -0.142. The molecule has 0 aromatic carbocycles. The van der Waals surface area contributed by atoms with E-state index in [-0.39, 0.29) is 18.0 Å². The zero-order valence-corrected chi connectivity index (χ0v) is 13.6. The van der Waals surface area contributed by atoms with Crippen molar-refractivity contribution in [1.82, 2.24) is 10.2 Å². The van der Waals surface area contributed by atoms with E-state index >= 15 is 0 Å². The molecule has 0 heterocycles. The summed E-state index contributed by atoms with van der Waals surface area (Å²) < 4.78 is 0. The lowest BCUT2D eigenvalue weighted by Crippen LogP contribution is -2.47. The highest BCUT2D eigenvalue weighted by molar-refractivity contribution is 5.74. The van der Waals surface area contributed by atoms with Crippen LogP contribution in [0.5, 0.6) is 0 Å². The zero-order chi connectivity index (χ0) is 15.8. The number of nitrogens with zero attached hydrogens (tertiary/aromatic N) is 1. The second-order valence-corrected chi connectivity index (χ2v) is 6.06. The summed E-state index contributed by atoms with van der Waals surface area (Å²) in [5.74, 6) is -0.382. The summed E-state index contributed by atoms with van der Waals surface area (Å²) in [5.41, 5.74) is 0. The molecule has 21 heavy (non-hydrogen) atoms. The molecule has 0 saturated heterocycles. The van der Waals surface area contributed by atoms with Crippen LogP contribution in [0.1, 0.15) is 59.3 Å². The molecule has 0 radical (unpaired) electrons. The second-order valence-electron chi connectivity index (χ2n) is 6.06. The molecular formula is C16H30N2O3. The van der Waals surface area contributed by atoms with Crippen LogP contribution in [0.3, 0.4) is 0 Å². The maximum atomic E-state index is 12.3. The SMILES string of the molecule is CCC(CC)CN(CC)C(=O)NC1CCC(C(=O)O)CC1. The van der Waals surface area contributed by atoms with Crippen molar-refractivity contribution in [1.29, 1.82) is 0 Å². The maximum Gasteiger partial charge on any atom is 0.317 e. The quantitative estimate of drug-likeness (QED) is 0.759. The normalized spacial score (nSPS) is 22.1. The topological polar surface area (TPSA) is 69.6 Å². The highest BCUT2D eigenvalue weighted by Gasteiger charge is 2.27. The van der Waals surface area contributed by atoms with Crippen molar-refractivity contribution >= 4 is 12.0 Å². The third kappa shape index (κ3) is 5.56. The lowest BCUT2D eigenvalue weighted by atomic mass is 9.86. The van der Waals surface area contributed by atoms with E-state index in [2.05, 4.69) is 19.2 Å². The molecule has 122 valence electrons. The van der Waals surface area contributed by atoms with Crippen LogP contribution in [0.15, 0.2) is 0 Å². The van der Waals surface area contributed by atoms with Gasteiger partial charge in [0.15, 0.2) is 0 Å². The average Bonchev–Trinajstić information content (AvgIpc) is 2.49. The summed E-state index contributed by atoms with van der Waals surface area (Å²) in [7, 11) is 0. The van der Waals surface area contributed by atoms with Crippen molar-refractivity contribution in [2.24, 2.45) is 11.8 Å². The minimum atomic E-state index is -0.705. The molecule has 0 aromatic rings. The van der Waals surface area contributed by atoms with Crippen LogP contribution in [0.25, 0.3) is 0 Å². The first-order valence-electron chi connectivity index (χ1n) is 8.29. The lowest BCUT2D eigenvalue weighted by Gasteiger charge is -2.31. The molecule has 1 fully saturated rings. The van der Waals surface area contributed by atoms with Crippen molar-refractivity contribution < 1.29 is 14.7 Å². The molecule has 0 unspecified atom stereocenters. The molecule has 2 amide bonds. The summed E-state index contributed by atoms with van der Waals surface area (Å²) in [5, 5.41) is 12.1. The van der Waals surface area contributed by atoms with Crippen molar-refractivity contribution in [3.8, 4) is 0 Å². The molecule has 0 spiro atoms. The smallest absolute Gasteiger partial charge is 0.317 e. The Balaban J connectivity index is 2.42. The molecule has 0 atom stereocenters. The van der Waals surface area contributed by atoms with Gasteiger partial charge in [0.05, 0.1) is 5.92 Å². The predicted octanol–water partition coefficient (Wildman–Crippen LogP) is 3.10. The van der Waals surface area contributed by atoms with Crippen LogP contribution in [0.2, 0.25) is 0 Å². The average molecular weight is 298 g/mol. The zero-order valence-electron chi connectivity index (χ0n) is 13.6. The molecular weight excluding hydrogens is 268 g/mol. The Morgan fingerprint density at radius 1 is 1.14 bits per heavy atom. The molecule has 0 aliphatic heterocycles. The maximum absolute atomic E-state index is 12.3. The monoisotopic (exact) mass is 298 g/mol. The van der Waals surface area contributed by atoms with Gasteiger partial charge in [-0.15, -0.1) is 0 Å². The van der Waals surface area contributed by atoms with Crippen LogP contribution in [0.4, 0.5) is 4.79 Å². The van der Waals surface area contributed by atoms with Gasteiger partial charge in [0.25, 0.3) is 0 Å². The van der Waals surface area contributed by atoms with Crippen LogP contribution in [0, 0.1) is 11.8 Å². The van der Waals surface area contributed by atoms with Gasteiger partial charge in [-0.2, -0.15) is 0 Å². The highest BCUT2D eigenvalue weighted by atomic mass is 16.4. The third-order valence-electron chi connectivity index (χ3n) is 4.71. The minimum Gasteiger partial charge on any atom is -0.481 e. The fourth-order valence-electron chi connectivity index (χ4n) is 2.96. The largest absolute Gasteiger partial charge is 0.481 e. The first-order valence-corrected chi connectivity index (χ1v) is 8.29. The van der Waals surface area contributed by atoms with Crippen molar-refractivity contribution in [2.75, 3.05) is 13.1 Å². The van der Waals surface area contributed by atoms with Gasteiger partial charge in [-0.3, -0.25) is 4.79 Å². The number of carboxylic acids is 1. The Hall–Kier alpha value is -1.26. The van der Waals surface area contributed by atoms with Gasteiger partial charge < -0.3 is 15.3 Å².